The number of hydrogen-bond acceptors (Lipinski definition) is 2. The van der Waals surface area contributed by atoms with Crippen LogP contribution in [0.3, 0.4) is 0 Å². The molecule has 0 spiro atoms. The van der Waals surface area contributed by atoms with Gasteiger partial charge >= 0.3 is 0 Å². The lowest BCUT2D eigenvalue weighted by molar-refractivity contribution is 0.0952. The highest BCUT2D eigenvalue weighted by Crippen LogP contribution is 2.21. The molecule has 0 aliphatic heterocycles. The molecule has 26 heavy (non-hydrogen) atoms. The van der Waals surface area contributed by atoms with Gasteiger partial charge < -0.3 is 5.32 Å². The van der Waals surface area contributed by atoms with Crippen LogP contribution in [0.25, 0.3) is 5.57 Å². The number of aryl methyl sites for hydroxylation is 2. The van der Waals surface area contributed by atoms with E-state index in [9.17, 15) is 4.79 Å². The first-order valence-corrected chi connectivity index (χ1v) is 9.12. The smallest absolute Gasteiger partial charge is 0.253 e. The van der Waals surface area contributed by atoms with Crippen LogP contribution >= 0.6 is 0 Å². The predicted molar refractivity (Wildman–Crippen MR) is 109 cm³/mol. The van der Waals surface area contributed by atoms with Crippen molar-refractivity contribution in [2.45, 2.75) is 40.5 Å². The SMILES string of the molecule is C/C=C\C(=C(C)C)c1ccc(CCCNC(=O)c2cccnc2C)cc1. The third kappa shape index (κ3) is 5.41. The number of allylic oxidation sites excluding steroid dienone is 4. The Bertz CT molecular complexity index is 797. The van der Waals surface area contributed by atoms with Crippen LogP contribution in [0.1, 0.15) is 54.4 Å². The monoisotopic (exact) mass is 348 g/mol. The van der Waals surface area contributed by atoms with Gasteiger partial charge in [0.15, 0.2) is 0 Å². The largest absolute Gasteiger partial charge is 0.352 e. The minimum atomic E-state index is -0.0505. The Morgan fingerprint density at radius 3 is 2.50 bits per heavy atom. The number of benzene rings is 1. The Balaban J connectivity index is 1.86. The summed E-state index contributed by atoms with van der Waals surface area (Å²) < 4.78 is 0. The normalized spacial score (nSPS) is 10.8. The van der Waals surface area contributed by atoms with Crippen molar-refractivity contribution in [1.82, 2.24) is 10.3 Å². The Kier molecular flexibility index (Phi) is 7.34. The molecule has 1 amide bonds. The molecule has 1 aromatic heterocycles. The Morgan fingerprint density at radius 2 is 1.88 bits per heavy atom. The lowest BCUT2D eigenvalue weighted by atomic mass is 9.98. The highest BCUT2D eigenvalue weighted by atomic mass is 16.1. The van der Waals surface area contributed by atoms with Gasteiger partial charge in [0.25, 0.3) is 5.91 Å². The lowest BCUT2D eigenvalue weighted by Crippen LogP contribution is -2.25. The molecule has 0 bridgehead atoms. The Hall–Kier alpha value is -2.68. The van der Waals surface area contributed by atoms with E-state index in [4.69, 9.17) is 0 Å². The Morgan fingerprint density at radius 1 is 1.15 bits per heavy atom. The van der Waals surface area contributed by atoms with Crippen molar-refractivity contribution in [2.75, 3.05) is 6.54 Å². The summed E-state index contributed by atoms with van der Waals surface area (Å²) in [7, 11) is 0. The van der Waals surface area contributed by atoms with Gasteiger partial charge in [-0.05, 0) is 69.4 Å². The summed E-state index contributed by atoms with van der Waals surface area (Å²) >= 11 is 0. The van der Waals surface area contributed by atoms with E-state index in [-0.39, 0.29) is 5.91 Å². The van der Waals surface area contributed by atoms with E-state index in [0.717, 1.165) is 18.5 Å². The number of nitrogens with one attached hydrogen (secondary N) is 1. The topological polar surface area (TPSA) is 42.0 Å². The summed E-state index contributed by atoms with van der Waals surface area (Å²) in [6.45, 7) is 8.82. The van der Waals surface area contributed by atoms with Gasteiger partial charge in [-0.15, -0.1) is 0 Å². The maximum absolute atomic E-state index is 12.2. The minimum Gasteiger partial charge on any atom is -0.352 e. The molecular weight excluding hydrogens is 320 g/mol. The molecule has 0 radical (unpaired) electrons. The van der Waals surface area contributed by atoms with Crippen molar-refractivity contribution >= 4 is 11.5 Å². The van der Waals surface area contributed by atoms with Gasteiger partial charge in [0.05, 0.1) is 5.56 Å². The van der Waals surface area contributed by atoms with E-state index in [1.807, 2.05) is 19.9 Å². The average molecular weight is 348 g/mol. The van der Waals surface area contributed by atoms with Crippen LogP contribution in [-0.2, 0) is 6.42 Å². The number of nitrogens with zero attached hydrogens (tertiary/aromatic N) is 1. The van der Waals surface area contributed by atoms with Crippen LogP contribution in [0.15, 0.2) is 60.3 Å². The van der Waals surface area contributed by atoms with Gasteiger partial charge in [-0.1, -0.05) is 42.0 Å². The number of hydrogen-bond donors (Lipinski definition) is 1. The molecule has 0 aliphatic carbocycles. The first kappa shape index (κ1) is 19.6. The maximum Gasteiger partial charge on any atom is 0.253 e. The van der Waals surface area contributed by atoms with Gasteiger partial charge in [0.1, 0.15) is 0 Å². The molecule has 0 unspecified atom stereocenters. The summed E-state index contributed by atoms with van der Waals surface area (Å²) in [5.41, 5.74) is 6.52. The van der Waals surface area contributed by atoms with E-state index >= 15 is 0 Å². The van der Waals surface area contributed by atoms with Crippen LogP contribution in [-0.4, -0.2) is 17.4 Å². The first-order chi connectivity index (χ1) is 12.5. The van der Waals surface area contributed by atoms with Gasteiger partial charge in [-0.2, -0.15) is 0 Å². The summed E-state index contributed by atoms with van der Waals surface area (Å²) in [4.78, 5) is 16.3. The Labute approximate surface area is 156 Å². The summed E-state index contributed by atoms with van der Waals surface area (Å²) in [6, 6.07) is 12.3. The fraction of sp³-hybridized carbons (Fsp3) is 0.304. The molecule has 2 aromatic rings. The van der Waals surface area contributed by atoms with Crippen LogP contribution in [0.4, 0.5) is 0 Å². The van der Waals surface area contributed by atoms with Crippen LogP contribution in [0, 0.1) is 6.92 Å². The fourth-order valence-electron chi connectivity index (χ4n) is 2.88. The van der Waals surface area contributed by atoms with Crippen LogP contribution in [0.2, 0.25) is 0 Å². The highest BCUT2D eigenvalue weighted by Gasteiger charge is 2.08. The molecule has 0 atom stereocenters. The van der Waals surface area contributed by atoms with Crippen molar-refractivity contribution in [1.29, 1.82) is 0 Å². The highest BCUT2D eigenvalue weighted by molar-refractivity contribution is 5.95. The minimum absolute atomic E-state index is 0.0505. The molecule has 0 saturated carbocycles. The fourth-order valence-corrected chi connectivity index (χ4v) is 2.88. The number of amides is 1. The number of rotatable bonds is 7. The third-order valence-electron chi connectivity index (χ3n) is 4.32. The molecule has 0 fully saturated rings. The molecule has 0 saturated heterocycles. The van der Waals surface area contributed by atoms with E-state index in [0.29, 0.717) is 12.1 Å². The van der Waals surface area contributed by atoms with E-state index in [2.05, 4.69) is 60.6 Å². The molecular formula is C23H28N2O. The molecule has 2 rings (SSSR count). The van der Waals surface area contributed by atoms with Gasteiger partial charge in [0.2, 0.25) is 0 Å². The van der Waals surface area contributed by atoms with E-state index in [1.54, 1.807) is 12.3 Å². The number of carbonyl (C=O) groups excluding carboxylic acids is 1. The maximum atomic E-state index is 12.2. The molecule has 1 aromatic carbocycles. The quantitative estimate of drug-likeness (QED) is 0.557. The van der Waals surface area contributed by atoms with Crippen LogP contribution < -0.4 is 5.32 Å². The van der Waals surface area contributed by atoms with E-state index < -0.39 is 0 Å². The zero-order valence-electron chi connectivity index (χ0n) is 16.2. The van der Waals surface area contributed by atoms with Crippen molar-refractivity contribution in [3.05, 3.63) is 82.7 Å². The second-order valence-corrected chi connectivity index (χ2v) is 6.61. The first-order valence-electron chi connectivity index (χ1n) is 9.12. The van der Waals surface area contributed by atoms with Crippen molar-refractivity contribution in [2.24, 2.45) is 0 Å². The lowest BCUT2D eigenvalue weighted by Gasteiger charge is -2.09. The van der Waals surface area contributed by atoms with Crippen LogP contribution in [0.5, 0.6) is 0 Å². The molecule has 1 heterocycles. The molecule has 3 nitrogen and oxygen atoms in total. The number of pyridine rings is 1. The number of carbonyl (C=O) groups is 1. The molecule has 136 valence electrons. The van der Waals surface area contributed by atoms with E-state index in [1.165, 1.54) is 22.3 Å². The summed E-state index contributed by atoms with van der Waals surface area (Å²) in [5, 5.41) is 2.98. The summed E-state index contributed by atoms with van der Waals surface area (Å²) in [5.74, 6) is -0.0505. The molecule has 3 heteroatoms. The van der Waals surface area contributed by atoms with Gasteiger partial charge in [0, 0.05) is 18.4 Å². The van der Waals surface area contributed by atoms with Gasteiger partial charge in [-0.25, -0.2) is 0 Å². The second kappa shape index (κ2) is 9.71. The van der Waals surface area contributed by atoms with Crippen molar-refractivity contribution in [3.63, 3.8) is 0 Å². The third-order valence-corrected chi connectivity index (χ3v) is 4.32. The molecule has 1 N–H and O–H groups in total. The molecule has 0 aliphatic rings. The zero-order valence-corrected chi connectivity index (χ0v) is 16.2. The second-order valence-electron chi connectivity index (χ2n) is 6.61. The van der Waals surface area contributed by atoms with Gasteiger partial charge in [-0.3, -0.25) is 9.78 Å². The van der Waals surface area contributed by atoms with Crippen molar-refractivity contribution in [3.8, 4) is 0 Å². The zero-order chi connectivity index (χ0) is 18.9. The van der Waals surface area contributed by atoms with Crippen molar-refractivity contribution < 1.29 is 4.79 Å². The average Bonchev–Trinajstić information content (AvgIpc) is 2.64. The number of aromatic nitrogens is 1. The standard InChI is InChI=1S/C23H28N2O/c1-5-8-21(17(2)3)20-13-11-19(12-14-20)9-6-16-25-23(26)22-10-7-15-24-18(22)4/h5,7-8,10-15H,6,9,16H2,1-4H3,(H,25,26)/b8-5-. The summed E-state index contributed by atoms with van der Waals surface area (Å²) in [6.07, 6.45) is 7.78. The predicted octanol–water partition coefficient (Wildman–Crippen LogP) is 5.12.